The molecule has 1 heteroatoms. The molecule has 3 fully saturated rings. The van der Waals surface area contributed by atoms with Crippen LogP contribution in [0.1, 0.15) is 44.9 Å². The lowest BCUT2D eigenvalue weighted by Crippen LogP contribution is -2.28. The number of hydrogen-bond acceptors (Lipinski definition) is 1. The smallest absolute Gasteiger partial charge is 0.0682 e. The fourth-order valence-corrected chi connectivity index (χ4v) is 3.09. The molecule has 0 amide bonds. The molecule has 0 radical (unpaired) electrons. The molecule has 3 aliphatic rings. The van der Waals surface area contributed by atoms with Gasteiger partial charge in [0, 0.05) is 0 Å². The highest BCUT2D eigenvalue weighted by Crippen LogP contribution is 2.50. The fourth-order valence-electron chi connectivity index (χ4n) is 3.09. The Hall–Kier alpha value is -0.0400. The zero-order valence-electron chi connectivity index (χ0n) is 7.72. The molecule has 0 aromatic rings. The predicted octanol–water partition coefficient (Wildman–Crippen LogP) is 2.75. The molecule has 12 heavy (non-hydrogen) atoms. The second-order valence-electron chi connectivity index (χ2n) is 5.00. The van der Waals surface area contributed by atoms with E-state index < -0.39 is 0 Å². The Morgan fingerprint density at radius 3 is 2.67 bits per heavy atom. The highest BCUT2D eigenvalue weighted by Gasteiger charge is 2.45. The van der Waals surface area contributed by atoms with Crippen LogP contribution in [0.25, 0.3) is 0 Å². The van der Waals surface area contributed by atoms with Crippen molar-refractivity contribution < 1.29 is 4.74 Å². The van der Waals surface area contributed by atoms with Gasteiger partial charge in [-0.2, -0.15) is 0 Å². The largest absolute Gasteiger partial charge is 0.375 e. The number of hydrogen-bond donors (Lipinski definition) is 0. The minimum Gasteiger partial charge on any atom is -0.375 e. The average molecular weight is 166 g/mol. The van der Waals surface area contributed by atoms with E-state index in [1.54, 1.807) is 0 Å². The first-order chi connectivity index (χ1) is 5.88. The Balaban J connectivity index is 1.71. The van der Waals surface area contributed by atoms with Gasteiger partial charge in [0.2, 0.25) is 0 Å². The fraction of sp³-hybridized carbons (Fsp3) is 1.00. The van der Waals surface area contributed by atoms with Crippen LogP contribution < -0.4 is 0 Å². The second kappa shape index (κ2) is 2.47. The van der Waals surface area contributed by atoms with Gasteiger partial charge in [-0.15, -0.1) is 0 Å². The van der Waals surface area contributed by atoms with E-state index in [-0.39, 0.29) is 0 Å². The zero-order chi connectivity index (χ0) is 8.02. The molecule has 0 aromatic carbocycles. The summed E-state index contributed by atoms with van der Waals surface area (Å²) in [6.07, 6.45) is 9.83. The van der Waals surface area contributed by atoms with E-state index in [2.05, 4.69) is 0 Å². The molecule has 2 saturated carbocycles. The van der Waals surface area contributed by atoms with E-state index in [9.17, 15) is 0 Å². The highest BCUT2D eigenvalue weighted by molar-refractivity contribution is 4.96. The van der Waals surface area contributed by atoms with Crippen molar-refractivity contribution in [1.82, 2.24) is 0 Å². The molecule has 0 N–H and O–H groups in total. The van der Waals surface area contributed by atoms with E-state index in [0.29, 0.717) is 5.60 Å². The van der Waals surface area contributed by atoms with Crippen molar-refractivity contribution in [3.8, 4) is 0 Å². The van der Waals surface area contributed by atoms with Crippen LogP contribution in [-0.2, 0) is 4.74 Å². The predicted molar refractivity (Wildman–Crippen MR) is 48.0 cm³/mol. The molecule has 0 aromatic heterocycles. The van der Waals surface area contributed by atoms with Crippen molar-refractivity contribution in [3.63, 3.8) is 0 Å². The maximum Gasteiger partial charge on any atom is 0.0682 e. The zero-order valence-corrected chi connectivity index (χ0v) is 7.72. The van der Waals surface area contributed by atoms with Crippen LogP contribution in [0.2, 0.25) is 0 Å². The van der Waals surface area contributed by atoms with Gasteiger partial charge in [0.05, 0.1) is 12.2 Å². The first-order valence-electron chi connectivity index (χ1n) is 5.52. The molecule has 1 saturated heterocycles. The van der Waals surface area contributed by atoms with Gasteiger partial charge in [-0.05, 0) is 43.9 Å². The minimum atomic E-state index is 0.368. The molecule has 1 aliphatic heterocycles. The van der Waals surface area contributed by atoms with E-state index >= 15 is 0 Å². The van der Waals surface area contributed by atoms with Crippen molar-refractivity contribution in [2.24, 2.45) is 11.8 Å². The lowest BCUT2D eigenvalue weighted by molar-refractivity contribution is -0.0443. The molecule has 1 nitrogen and oxygen atoms in total. The standard InChI is InChI=1S/C11H18O/c1-2-5-11(4-1)6-3-9-7-10(9)8-12-11/h9-10H,1-8H2/t9-,10-/m1/s1. The number of rotatable bonds is 0. The third-order valence-corrected chi connectivity index (χ3v) is 4.16. The van der Waals surface area contributed by atoms with E-state index in [0.717, 1.165) is 18.4 Å². The van der Waals surface area contributed by atoms with Crippen LogP contribution in [0.3, 0.4) is 0 Å². The minimum absolute atomic E-state index is 0.368. The van der Waals surface area contributed by atoms with Crippen molar-refractivity contribution in [1.29, 1.82) is 0 Å². The average Bonchev–Trinajstić information content (AvgIpc) is 2.70. The maximum absolute atomic E-state index is 6.11. The van der Waals surface area contributed by atoms with Crippen molar-refractivity contribution >= 4 is 0 Å². The van der Waals surface area contributed by atoms with E-state index in [1.807, 2.05) is 0 Å². The first kappa shape index (κ1) is 7.37. The summed E-state index contributed by atoms with van der Waals surface area (Å²) in [5.74, 6) is 2.02. The van der Waals surface area contributed by atoms with Gasteiger partial charge in [0.25, 0.3) is 0 Å². The Kier molecular flexibility index (Phi) is 1.52. The third-order valence-electron chi connectivity index (χ3n) is 4.16. The lowest BCUT2D eigenvalue weighted by Gasteiger charge is -2.28. The molecular weight excluding hydrogens is 148 g/mol. The molecule has 2 aliphatic carbocycles. The molecule has 1 spiro atoms. The molecule has 1 heterocycles. The normalized spacial score (nSPS) is 44.0. The van der Waals surface area contributed by atoms with Crippen LogP contribution in [-0.4, -0.2) is 12.2 Å². The first-order valence-corrected chi connectivity index (χ1v) is 5.52. The van der Waals surface area contributed by atoms with Gasteiger partial charge in [0.15, 0.2) is 0 Å². The Bertz CT molecular complexity index is 167. The molecular formula is C11H18O. The summed E-state index contributed by atoms with van der Waals surface area (Å²) < 4.78 is 6.11. The van der Waals surface area contributed by atoms with Gasteiger partial charge in [-0.25, -0.2) is 0 Å². The number of fused-ring (bicyclic) bond motifs is 1. The van der Waals surface area contributed by atoms with Crippen LogP contribution in [0.15, 0.2) is 0 Å². The molecule has 3 rings (SSSR count). The highest BCUT2D eigenvalue weighted by atomic mass is 16.5. The number of ether oxygens (including phenoxy) is 1. The summed E-state index contributed by atoms with van der Waals surface area (Å²) >= 11 is 0. The van der Waals surface area contributed by atoms with Crippen molar-refractivity contribution in [2.75, 3.05) is 6.61 Å². The second-order valence-corrected chi connectivity index (χ2v) is 5.00. The summed E-state index contributed by atoms with van der Waals surface area (Å²) in [6, 6.07) is 0. The molecule has 68 valence electrons. The van der Waals surface area contributed by atoms with Crippen LogP contribution in [0.4, 0.5) is 0 Å². The van der Waals surface area contributed by atoms with Crippen LogP contribution in [0, 0.1) is 11.8 Å². The van der Waals surface area contributed by atoms with Crippen LogP contribution >= 0.6 is 0 Å². The van der Waals surface area contributed by atoms with Gasteiger partial charge < -0.3 is 4.74 Å². The van der Waals surface area contributed by atoms with Gasteiger partial charge in [0.1, 0.15) is 0 Å². The topological polar surface area (TPSA) is 9.23 Å². The monoisotopic (exact) mass is 166 g/mol. The van der Waals surface area contributed by atoms with Crippen LogP contribution in [0.5, 0.6) is 0 Å². The van der Waals surface area contributed by atoms with Gasteiger partial charge in [-0.3, -0.25) is 0 Å². The van der Waals surface area contributed by atoms with Crippen molar-refractivity contribution in [3.05, 3.63) is 0 Å². The summed E-state index contributed by atoms with van der Waals surface area (Å²) in [5, 5.41) is 0. The van der Waals surface area contributed by atoms with Crippen molar-refractivity contribution in [2.45, 2.75) is 50.5 Å². The summed E-state index contributed by atoms with van der Waals surface area (Å²) in [4.78, 5) is 0. The van der Waals surface area contributed by atoms with E-state index in [1.165, 1.54) is 44.9 Å². The third kappa shape index (κ3) is 1.10. The quantitative estimate of drug-likeness (QED) is 0.537. The Morgan fingerprint density at radius 1 is 1.00 bits per heavy atom. The molecule has 0 unspecified atom stereocenters. The summed E-state index contributed by atoms with van der Waals surface area (Å²) in [6.45, 7) is 1.09. The SMILES string of the molecule is C1CCC2(C1)CC[C@@H]1C[C@@H]1CO2. The Labute approximate surface area is 74.5 Å². The maximum atomic E-state index is 6.11. The molecule has 0 bridgehead atoms. The lowest BCUT2D eigenvalue weighted by atomic mass is 9.95. The summed E-state index contributed by atoms with van der Waals surface area (Å²) in [5.41, 5.74) is 0.368. The van der Waals surface area contributed by atoms with Gasteiger partial charge in [-0.1, -0.05) is 12.8 Å². The Morgan fingerprint density at radius 2 is 1.83 bits per heavy atom. The van der Waals surface area contributed by atoms with E-state index in [4.69, 9.17) is 4.74 Å². The van der Waals surface area contributed by atoms with Gasteiger partial charge >= 0.3 is 0 Å². The molecule has 2 atom stereocenters. The summed E-state index contributed by atoms with van der Waals surface area (Å²) in [7, 11) is 0.